The number of carbonyl (C=O) groups excluding carboxylic acids is 1. The number of hydrogen-bond acceptors (Lipinski definition) is 3. The van der Waals surface area contributed by atoms with Crippen LogP contribution in [0.4, 0.5) is 0 Å². The zero-order chi connectivity index (χ0) is 14.0. The lowest BCUT2D eigenvalue weighted by atomic mass is 9.97. The number of phenols is 1. The fraction of sp³-hybridized carbons (Fsp3) is 0.429. The Balaban J connectivity index is 2.14. The Kier molecular flexibility index (Phi) is 3.74. The number of aryl methyl sites for hydroxylation is 1. The summed E-state index contributed by atoms with van der Waals surface area (Å²) >= 11 is 0. The molecule has 0 radical (unpaired) electrons. The Morgan fingerprint density at radius 3 is 2.74 bits per heavy atom. The van der Waals surface area contributed by atoms with Crippen molar-refractivity contribution < 1.29 is 19.8 Å². The fourth-order valence-corrected chi connectivity index (χ4v) is 2.33. The lowest BCUT2D eigenvalue weighted by molar-refractivity contribution is -0.143. The molecule has 2 rings (SSSR count). The molecule has 5 nitrogen and oxygen atoms in total. The van der Waals surface area contributed by atoms with Crippen LogP contribution in [-0.4, -0.2) is 40.1 Å². The molecule has 0 aliphatic carbocycles. The Morgan fingerprint density at radius 1 is 1.37 bits per heavy atom. The topological polar surface area (TPSA) is 77.8 Å². The Morgan fingerprint density at radius 2 is 2.11 bits per heavy atom. The number of benzene rings is 1. The van der Waals surface area contributed by atoms with Gasteiger partial charge in [0.2, 0.25) is 0 Å². The van der Waals surface area contributed by atoms with Gasteiger partial charge >= 0.3 is 5.97 Å². The van der Waals surface area contributed by atoms with Crippen LogP contribution in [0.15, 0.2) is 18.2 Å². The lowest BCUT2D eigenvalue weighted by Gasteiger charge is -2.30. The first-order valence-corrected chi connectivity index (χ1v) is 6.30. The van der Waals surface area contributed by atoms with Crippen molar-refractivity contribution >= 4 is 11.9 Å². The number of carbonyl (C=O) groups is 2. The summed E-state index contributed by atoms with van der Waals surface area (Å²) in [5.74, 6) is -1.34. The maximum Gasteiger partial charge on any atom is 0.308 e. The van der Waals surface area contributed by atoms with Crippen LogP contribution in [0.25, 0.3) is 0 Å². The van der Waals surface area contributed by atoms with Gasteiger partial charge in [-0.2, -0.15) is 0 Å². The second-order valence-electron chi connectivity index (χ2n) is 4.93. The van der Waals surface area contributed by atoms with Crippen LogP contribution in [0.3, 0.4) is 0 Å². The van der Waals surface area contributed by atoms with Crippen LogP contribution < -0.4 is 0 Å². The molecule has 0 saturated carbocycles. The number of hydrogen-bond donors (Lipinski definition) is 2. The molecule has 1 aromatic rings. The molecule has 19 heavy (non-hydrogen) atoms. The number of aromatic hydroxyl groups is 1. The Bertz CT molecular complexity index is 512. The first kappa shape index (κ1) is 13.4. The van der Waals surface area contributed by atoms with Crippen LogP contribution in [0.2, 0.25) is 0 Å². The number of carboxylic acids is 1. The van der Waals surface area contributed by atoms with Crippen molar-refractivity contribution in [3.63, 3.8) is 0 Å². The van der Waals surface area contributed by atoms with Gasteiger partial charge in [0, 0.05) is 18.7 Å². The highest BCUT2D eigenvalue weighted by Crippen LogP contribution is 2.21. The molecular formula is C14H17NO4. The van der Waals surface area contributed by atoms with Crippen LogP contribution in [0.1, 0.15) is 28.8 Å². The fourth-order valence-electron chi connectivity index (χ4n) is 2.33. The van der Waals surface area contributed by atoms with Gasteiger partial charge in [-0.25, -0.2) is 0 Å². The summed E-state index contributed by atoms with van der Waals surface area (Å²) in [6.45, 7) is 2.57. The molecule has 1 unspecified atom stereocenters. The third kappa shape index (κ3) is 2.86. The zero-order valence-electron chi connectivity index (χ0n) is 10.8. The molecule has 5 heteroatoms. The van der Waals surface area contributed by atoms with Gasteiger partial charge in [0.1, 0.15) is 5.75 Å². The minimum atomic E-state index is -0.848. The molecule has 1 aromatic carbocycles. The van der Waals surface area contributed by atoms with Crippen molar-refractivity contribution in [2.45, 2.75) is 19.8 Å². The van der Waals surface area contributed by atoms with Gasteiger partial charge in [-0.05, 0) is 43.5 Å². The van der Waals surface area contributed by atoms with Crippen molar-refractivity contribution in [3.05, 3.63) is 29.3 Å². The molecule has 1 saturated heterocycles. The van der Waals surface area contributed by atoms with Crippen molar-refractivity contribution in [3.8, 4) is 5.75 Å². The molecule has 1 heterocycles. The Hall–Kier alpha value is -2.04. The van der Waals surface area contributed by atoms with Crippen LogP contribution in [0, 0.1) is 12.8 Å². The monoisotopic (exact) mass is 263 g/mol. The summed E-state index contributed by atoms with van der Waals surface area (Å²) in [6, 6.07) is 4.68. The highest BCUT2D eigenvalue weighted by Gasteiger charge is 2.28. The molecule has 0 spiro atoms. The van der Waals surface area contributed by atoms with E-state index in [1.807, 2.05) is 0 Å². The molecule has 0 aromatic heterocycles. The number of phenolic OH excluding ortho intramolecular Hbond substituents is 1. The molecule has 1 atom stereocenters. The second-order valence-corrected chi connectivity index (χ2v) is 4.93. The van der Waals surface area contributed by atoms with E-state index in [1.54, 1.807) is 24.0 Å². The molecule has 1 amide bonds. The average Bonchev–Trinajstić information content (AvgIpc) is 2.41. The lowest BCUT2D eigenvalue weighted by Crippen LogP contribution is -2.42. The maximum atomic E-state index is 12.3. The molecule has 1 aliphatic rings. The summed E-state index contributed by atoms with van der Waals surface area (Å²) in [4.78, 5) is 24.8. The van der Waals surface area contributed by atoms with Crippen molar-refractivity contribution in [2.24, 2.45) is 5.92 Å². The number of likely N-dealkylation sites (tertiary alicyclic amines) is 1. The quantitative estimate of drug-likeness (QED) is 0.850. The van der Waals surface area contributed by atoms with Crippen LogP contribution in [-0.2, 0) is 4.79 Å². The summed E-state index contributed by atoms with van der Waals surface area (Å²) in [6.07, 6.45) is 1.33. The zero-order valence-corrected chi connectivity index (χ0v) is 10.8. The number of rotatable bonds is 2. The molecule has 102 valence electrons. The average molecular weight is 263 g/mol. The molecule has 2 N–H and O–H groups in total. The molecule has 0 bridgehead atoms. The number of amides is 1. The highest BCUT2D eigenvalue weighted by atomic mass is 16.4. The van der Waals surface area contributed by atoms with E-state index in [-0.39, 0.29) is 18.2 Å². The molecule has 1 aliphatic heterocycles. The van der Waals surface area contributed by atoms with E-state index in [1.165, 1.54) is 6.07 Å². The van der Waals surface area contributed by atoms with Gasteiger partial charge in [0.25, 0.3) is 5.91 Å². The number of piperidine rings is 1. The van der Waals surface area contributed by atoms with Crippen molar-refractivity contribution in [1.29, 1.82) is 0 Å². The minimum absolute atomic E-state index is 0.151. The second kappa shape index (κ2) is 5.30. The van der Waals surface area contributed by atoms with E-state index in [9.17, 15) is 14.7 Å². The number of aliphatic carboxylic acids is 1. The normalized spacial score (nSPS) is 19.2. The minimum Gasteiger partial charge on any atom is -0.508 e. The summed E-state index contributed by atoms with van der Waals surface area (Å²) in [5.41, 5.74) is 1.12. The van der Waals surface area contributed by atoms with E-state index >= 15 is 0 Å². The van der Waals surface area contributed by atoms with Crippen molar-refractivity contribution in [1.82, 2.24) is 4.90 Å². The Labute approximate surface area is 111 Å². The highest BCUT2D eigenvalue weighted by molar-refractivity contribution is 5.95. The smallest absolute Gasteiger partial charge is 0.308 e. The van der Waals surface area contributed by atoms with Crippen molar-refractivity contribution in [2.75, 3.05) is 13.1 Å². The SMILES string of the molecule is Cc1cc(C(=O)N2CCCC(C(=O)O)C2)ccc1O. The first-order valence-electron chi connectivity index (χ1n) is 6.30. The van der Waals surface area contributed by atoms with Gasteiger partial charge in [0.05, 0.1) is 5.92 Å². The van der Waals surface area contributed by atoms with Gasteiger partial charge in [-0.3, -0.25) is 9.59 Å². The van der Waals surface area contributed by atoms with E-state index in [0.29, 0.717) is 30.5 Å². The number of carboxylic acid groups (broad SMARTS) is 1. The van der Waals surface area contributed by atoms with E-state index in [0.717, 1.165) is 0 Å². The van der Waals surface area contributed by atoms with Crippen LogP contribution >= 0.6 is 0 Å². The summed E-state index contributed by atoms with van der Waals surface area (Å²) < 4.78 is 0. The molecule has 1 fully saturated rings. The summed E-state index contributed by atoms with van der Waals surface area (Å²) in [5, 5.41) is 18.5. The predicted octanol–water partition coefficient (Wildman–Crippen LogP) is 1.64. The van der Waals surface area contributed by atoms with E-state index < -0.39 is 11.9 Å². The van der Waals surface area contributed by atoms with Gasteiger partial charge in [-0.15, -0.1) is 0 Å². The third-order valence-corrected chi connectivity index (χ3v) is 3.50. The van der Waals surface area contributed by atoms with E-state index in [4.69, 9.17) is 5.11 Å². The van der Waals surface area contributed by atoms with Gasteiger partial charge in [0.15, 0.2) is 0 Å². The first-order chi connectivity index (χ1) is 8.99. The van der Waals surface area contributed by atoms with Gasteiger partial charge < -0.3 is 15.1 Å². The van der Waals surface area contributed by atoms with E-state index in [2.05, 4.69) is 0 Å². The number of nitrogens with zero attached hydrogens (tertiary/aromatic N) is 1. The predicted molar refractivity (Wildman–Crippen MR) is 69.1 cm³/mol. The maximum absolute atomic E-state index is 12.3. The third-order valence-electron chi connectivity index (χ3n) is 3.50. The largest absolute Gasteiger partial charge is 0.508 e. The summed E-state index contributed by atoms with van der Waals surface area (Å²) in [7, 11) is 0. The van der Waals surface area contributed by atoms with Gasteiger partial charge in [-0.1, -0.05) is 0 Å². The standard InChI is InChI=1S/C14H17NO4/c1-9-7-10(4-5-12(9)16)13(17)15-6-2-3-11(8-15)14(18)19/h4-5,7,11,16H,2-3,6,8H2,1H3,(H,18,19). The van der Waals surface area contributed by atoms with Crippen LogP contribution in [0.5, 0.6) is 5.75 Å². The molecular weight excluding hydrogens is 246 g/mol.